The van der Waals surface area contributed by atoms with Crippen LogP contribution in [-0.2, 0) is 4.74 Å². The molecule has 3 aromatic heterocycles. The van der Waals surface area contributed by atoms with Crippen molar-refractivity contribution in [2.45, 2.75) is 6.43 Å². The van der Waals surface area contributed by atoms with E-state index in [-0.39, 0.29) is 17.7 Å². The van der Waals surface area contributed by atoms with Crippen LogP contribution in [0, 0.1) is 0 Å². The van der Waals surface area contributed by atoms with Gasteiger partial charge in [0.2, 0.25) is 17.8 Å². The molecule has 0 spiro atoms. The topological polar surface area (TPSA) is 133 Å². The van der Waals surface area contributed by atoms with Crippen molar-refractivity contribution in [1.29, 1.82) is 0 Å². The lowest BCUT2D eigenvalue weighted by molar-refractivity contribution is 0.122. The molecule has 0 radical (unpaired) electrons. The van der Waals surface area contributed by atoms with Crippen molar-refractivity contribution in [1.82, 2.24) is 34.5 Å². The molecule has 1 aliphatic heterocycles. The Morgan fingerprint density at radius 2 is 1.75 bits per heavy atom. The van der Waals surface area contributed by atoms with Crippen LogP contribution in [0.4, 0.5) is 32.3 Å². The van der Waals surface area contributed by atoms with E-state index in [1.165, 1.54) is 17.0 Å². The summed E-state index contributed by atoms with van der Waals surface area (Å²) in [7, 11) is 0. The highest BCUT2D eigenvalue weighted by Gasteiger charge is 2.24. The number of imidazole rings is 1. The van der Waals surface area contributed by atoms with E-state index in [0.717, 1.165) is 0 Å². The van der Waals surface area contributed by atoms with Crippen LogP contribution >= 0.6 is 0 Å². The average molecular weight is 440 g/mol. The fourth-order valence-corrected chi connectivity index (χ4v) is 3.33. The van der Waals surface area contributed by atoms with Crippen molar-refractivity contribution < 1.29 is 13.5 Å². The summed E-state index contributed by atoms with van der Waals surface area (Å²) >= 11 is 0. The van der Waals surface area contributed by atoms with Gasteiger partial charge in [0.25, 0.3) is 6.43 Å². The lowest BCUT2D eigenvalue weighted by atomic mass is 10.3. The van der Waals surface area contributed by atoms with Crippen LogP contribution in [0.1, 0.15) is 12.2 Å². The second-order valence-corrected chi connectivity index (χ2v) is 6.90. The quantitative estimate of drug-likeness (QED) is 0.475. The molecular formula is C19H18F2N10O. The maximum Gasteiger partial charge on any atom is 0.296 e. The van der Waals surface area contributed by atoms with E-state index in [0.29, 0.717) is 49.1 Å². The summed E-state index contributed by atoms with van der Waals surface area (Å²) in [6.45, 7) is 2.11. The summed E-state index contributed by atoms with van der Waals surface area (Å²) in [5.41, 5.74) is 6.46. The number of fused-ring (bicyclic) bond motifs is 1. The van der Waals surface area contributed by atoms with Crippen LogP contribution in [0.15, 0.2) is 36.7 Å². The molecule has 0 unspecified atom stereocenters. The minimum Gasteiger partial charge on any atom is -0.382 e. The summed E-state index contributed by atoms with van der Waals surface area (Å²) in [6.07, 6.45) is -0.0268. The van der Waals surface area contributed by atoms with Gasteiger partial charge in [-0.25, -0.2) is 23.7 Å². The minimum atomic E-state index is -2.83. The number of halogens is 2. The van der Waals surface area contributed by atoms with Crippen molar-refractivity contribution in [3.8, 4) is 5.95 Å². The van der Waals surface area contributed by atoms with Gasteiger partial charge in [0, 0.05) is 13.1 Å². The number of nitrogen functional groups attached to an aromatic ring is 1. The third kappa shape index (κ3) is 3.85. The monoisotopic (exact) mass is 440 g/mol. The molecule has 3 N–H and O–H groups in total. The number of benzene rings is 1. The fraction of sp³-hybridized carbons (Fsp3) is 0.263. The Bertz CT molecular complexity index is 1240. The maximum atomic E-state index is 13.9. The number of para-hydroxylation sites is 2. The summed E-state index contributed by atoms with van der Waals surface area (Å²) in [5, 5.41) is 2.94. The molecule has 4 aromatic rings. The van der Waals surface area contributed by atoms with Gasteiger partial charge >= 0.3 is 0 Å². The summed E-state index contributed by atoms with van der Waals surface area (Å²) in [4.78, 5) is 27.4. The van der Waals surface area contributed by atoms with Crippen LogP contribution in [0.3, 0.4) is 0 Å². The summed E-state index contributed by atoms with van der Waals surface area (Å²) in [6, 6.07) is 6.81. The Balaban J connectivity index is 1.65. The van der Waals surface area contributed by atoms with Gasteiger partial charge in [-0.2, -0.15) is 15.0 Å². The number of ether oxygens (including phenoxy) is 1. The molecule has 0 amide bonds. The Morgan fingerprint density at radius 3 is 2.50 bits per heavy atom. The van der Waals surface area contributed by atoms with Gasteiger partial charge in [-0.05, 0) is 12.1 Å². The molecule has 0 bridgehead atoms. The molecule has 1 saturated heterocycles. The van der Waals surface area contributed by atoms with E-state index in [2.05, 4.69) is 35.2 Å². The molecular weight excluding hydrogens is 422 g/mol. The third-order valence-corrected chi connectivity index (χ3v) is 4.80. The van der Waals surface area contributed by atoms with Crippen molar-refractivity contribution in [2.24, 2.45) is 0 Å². The highest BCUT2D eigenvalue weighted by atomic mass is 19.3. The summed E-state index contributed by atoms with van der Waals surface area (Å²) in [5.74, 6) is 0.594. The van der Waals surface area contributed by atoms with Crippen LogP contribution in [0.5, 0.6) is 0 Å². The molecule has 1 aliphatic rings. The smallest absolute Gasteiger partial charge is 0.296 e. The molecule has 11 nitrogen and oxygen atoms in total. The van der Waals surface area contributed by atoms with Crippen molar-refractivity contribution in [2.75, 3.05) is 42.3 Å². The molecule has 4 heterocycles. The average Bonchev–Trinajstić information content (AvgIpc) is 3.21. The normalized spacial score (nSPS) is 14.3. The van der Waals surface area contributed by atoms with Crippen LogP contribution in [-0.4, -0.2) is 60.8 Å². The zero-order chi connectivity index (χ0) is 22.1. The first-order valence-corrected chi connectivity index (χ1v) is 9.78. The highest BCUT2D eigenvalue weighted by molar-refractivity contribution is 5.77. The predicted octanol–water partition coefficient (Wildman–Crippen LogP) is 2.10. The predicted molar refractivity (Wildman–Crippen MR) is 112 cm³/mol. The molecule has 1 aromatic carbocycles. The number of morpholine rings is 1. The molecule has 0 atom stereocenters. The molecule has 13 heteroatoms. The number of alkyl halides is 2. The van der Waals surface area contributed by atoms with Gasteiger partial charge in [-0.1, -0.05) is 12.1 Å². The first kappa shape index (κ1) is 19.9. The number of nitrogens with one attached hydrogen (secondary N) is 1. The zero-order valence-electron chi connectivity index (χ0n) is 16.7. The largest absolute Gasteiger partial charge is 0.382 e. The third-order valence-electron chi connectivity index (χ3n) is 4.80. The number of aromatic nitrogens is 7. The number of hydrogen-bond donors (Lipinski definition) is 2. The maximum absolute atomic E-state index is 13.9. The first-order chi connectivity index (χ1) is 15.6. The van der Waals surface area contributed by atoms with Crippen LogP contribution < -0.4 is 16.0 Å². The molecule has 0 saturated carbocycles. The Morgan fingerprint density at radius 1 is 0.969 bits per heavy atom. The van der Waals surface area contributed by atoms with Gasteiger partial charge < -0.3 is 20.7 Å². The number of nitrogens with two attached hydrogens (primary N) is 1. The first-order valence-electron chi connectivity index (χ1n) is 9.78. The number of rotatable bonds is 5. The van der Waals surface area contributed by atoms with E-state index >= 15 is 0 Å². The van der Waals surface area contributed by atoms with E-state index in [1.807, 2.05) is 4.90 Å². The standard InChI is InChI=1S/C19H18F2N10O/c20-15(21)16-25-11-3-1-2-4-12(11)31(16)19-28-17(26-14-10-23-13(22)9-24-14)27-18(29-19)30-5-7-32-8-6-30/h1-4,9-10,15H,5-8H2,(H2,22,23)(H,24,26,27,28,29). The number of hydrogen-bond acceptors (Lipinski definition) is 10. The van der Waals surface area contributed by atoms with E-state index in [4.69, 9.17) is 10.5 Å². The van der Waals surface area contributed by atoms with Crippen molar-refractivity contribution in [3.63, 3.8) is 0 Å². The molecule has 164 valence electrons. The lowest BCUT2D eigenvalue weighted by Crippen LogP contribution is -2.37. The molecule has 5 rings (SSSR count). The van der Waals surface area contributed by atoms with E-state index in [1.54, 1.807) is 24.3 Å². The van der Waals surface area contributed by atoms with Crippen LogP contribution in [0.2, 0.25) is 0 Å². The Kier molecular flexibility index (Phi) is 5.15. The molecule has 0 aliphatic carbocycles. The number of nitrogens with zero attached hydrogens (tertiary/aromatic N) is 8. The van der Waals surface area contributed by atoms with Gasteiger partial charge in [0.1, 0.15) is 5.82 Å². The number of anilines is 4. The van der Waals surface area contributed by atoms with E-state index < -0.39 is 12.2 Å². The van der Waals surface area contributed by atoms with Gasteiger partial charge in [0.15, 0.2) is 11.6 Å². The zero-order valence-corrected chi connectivity index (χ0v) is 16.7. The Hall–Kier alpha value is -4.00. The minimum absolute atomic E-state index is 0.0106. The van der Waals surface area contributed by atoms with Crippen molar-refractivity contribution in [3.05, 3.63) is 42.5 Å². The Labute approximate surface area is 180 Å². The SMILES string of the molecule is Nc1cnc(Nc2nc(N3CCOCC3)nc(-n3c(C(F)F)nc4ccccc43)n2)cn1. The molecule has 32 heavy (non-hydrogen) atoms. The van der Waals surface area contributed by atoms with Gasteiger partial charge in [-0.15, -0.1) is 0 Å². The van der Waals surface area contributed by atoms with Crippen LogP contribution in [0.25, 0.3) is 17.0 Å². The second-order valence-electron chi connectivity index (χ2n) is 6.90. The second kappa shape index (κ2) is 8.26. The fourth-order valence-electron chi connectivity index (χ4n) is 3.33. The van der Waals surface area contributed by atoms with Gasteiger partial charge in [0.05, 0.1) is 36.6 Å². The van der Waals surface area contributed by atoms with E-state index in [9.17, 15) is 8.78 Å². The van der Waals surface area contributed by atoms with Crippen molar-refractivity contribution >= 4 is 34.6 Å². The molecule has 1 fully saturated rings. The van der Waals surface area contributed by atoms with Gasteiger partial charge in [-0.3, -0.25) is 4.57 Å². The lowest BCUT2D eigenvalue weighted by Gasteiger charge is -2.27. The highest BCUT2D eigenvalue weighted by Crippen LogP contribution is 2.28. The summed E-state index contributed by atoms with van der Waals surface area (Å²) < 4.78 is 34.4.